The Kier molecular flexibility index (Phi) is 4.38. The van der Waals surface area contributed by atoms with Gasteiger partial charge >= 0.3 is 0 Å². The van der Waals surface area contributed by atoms with Gasteiger partial charge < -0.3 is 0 Å². The summed E-state index contributed by atoms with van der Waals surface area (Å²) in [6, 6.07) is 8.25. The fourth-order valence-corrected chi connectivity index (χ4v) is 2.81. The molecule has 1 aromatic rings. The van der Waals surface area contributed by atoms with E-state index in [0.29, 0.717) is 0 Å². The van der Waals surface area contributed by atoms with Gasteiger partial charge in [-0.05, 0) is 55.5 Å². The van der Waals surface area contributed by atoms with Crippen LogP contribution < -0.4 is 0 Å². The maximum Gasteiger partial charge on any atom is 0.0991 e. The van der Waals surface area contributed by atoms with E-state index >= 15 is 0 Å². The molecule has 96 valence electrons. The molecular formula is C16H22N2. The molecule has 1 heterocycles. The molecule has 1 unspecified atom stereocenters. The fraction of sp³-hybridized carbons (Fsp3) is 0.562. The Labute approximate surface area is 110 Å². The van der Waals surface area contributed by atoms with Crippen molar-refractivity contribution in [2.24, 2.45) is 5.92 Å². The molecule has 0 aliphatic carbocycles. The summed E-state index contributed by atoms with van der Waals surface area (Å²) in [6.07, 6.45) is 4.01. The molecule has 0 N–H and O–H groups in total. The van der Waals surface area contributed by atoms with Gasteiger partial charge in [-0.3, -0.25) is 4.90 Å². The van der Waals surface area contributed by atoms with E-state index in [0.717, 1.165) is 18.0 Å². The Morgan fingerprint density at radius 1 is 1.44 bits per heavy atom. The molecule has 1 aliphatic heterocycles. The Morgan fingerprint density at radius 3 is 2.94 bits per heavy atom. The van der Waals surface area contributed by atoms with Crippen molar-refractivity contribution in [3.63, 3.8) is 0 Å². The molecule has 0 bridgehead atoms. The number of piperidine rings is 1. The van der Waals surface area contributed by atoms with Gasteiger partial charge in [-0.2, -0.15) is 5.26 Å². The monoisotopic (exact) mass is 242 g/mol. The summed E-state index contributed by atoms with van der Waals surface area (Å²) in [5.41, 5.74) is 3.37. The quantitative estimate of drug-likeness (QED) is 0.811. The first kappa shape index (κ1) is 13.1. The normalized spacial score (nSPS) is 20.6. The molecule has 1 fully saturated rings. The van der Waals surface area contributed by atoms with Crippen molar-refractivity contribution in [3.05, 3.63) is 34.9 Å². The van der Waals surface area contributed by atoms with E-state index in [9.17, 15) is 0 Å². The summed E-state index contributed by atoms with van der Waals surface area (Å²) < 4.78 is 0. The van der Waals surface area contributed by atoms with Crippen molar-refractivity contribution in [2.45, 2.75) is 39.7 Å². The lowest BCUT2D eigenvalue weighted by Gasteiger charge is -2.32. The minimum atomic E-state index is 0.765. The maximum atomic E-state index is 8.88. The van der Waals surface area contributed by atoms with E-state index < -0.39 is 0 Å². The number of nitriles is 1. The van der Waals surface area contributed by atoms with Crippen molar-refractivity contribution in [3.8, 4) is 6.07 Å². The third-order valence-corrected chi connectivity index (χ3v) is 4.05. The van der Waals surface area contributed by atoms with E-state index in [-0.39, 0.29) is 0 Å². The predicted octanol–water partition coefficient (Wildman–Crippen LogP) is 3.49. The highest BCUT2D eigenvalue weighted by Gasteiger charge is 2.18. The van der Waals surface area contributed by atoms with Crippen LogP contribution in [0.1, 0.15) is 42.9 Å². The number of hydrogen-bond acceptors (Lipinski definition) is 2. The average molecular weight is 242 g/mol. The highest BCUT2D eigenvalue weighted by Crippen LogP contribution is 2.22. The lowest BCUT2D eigenvalue weighted by atomic mass is 9.95. The largest absolute Gasteiger partial charge is 0.299 e. The van der Waals surface area contributed by atoms with Crippen LogP contribution in [-0.4, -0.2) is 18.0 Å². The van der Waals surface area contributed by atoms with Gasteiger partial charge in [0.15, 0.2) is 0 Å². The van der Waals surface area contributed by atoms with Crippen molar-refractivity contribution in [1.82, 2.24) is 4.90 Å². The summed E-state index contributed by atoms with van der Waals surface area (Å²) in [6.45, 7) is 7.89. The van der Waals surface area contributed by atoms with Crippen LogP contribution in [0.15, 0.2) is 18.2 Å². The Bertz CT molecular complexity index is 445. The summed E-state index contributed by atoms with van der Waals surface area (Å²) in [5.74, 6) is 0.873. The van der Waals surface area contributed by atoms with Gasteiger partial charge in [0.05, 0.1) is 11.6 Å². The van der Waals surface area contributed by atoms with Gasteiger partial charge in [0, 0.05) is 13.1 Å². The van der Waals surface area contributed by atoms with Crippen molar-refractivity contribution in [1.29, 1.82) is 5.26 Å². The third kappa shape index (κ3) is 3.11. The summed E-state index contributed by atoms with van der Waals surface area (Å²) in [5, 5.41) is 8.88. The Balaban J connectivity index is 2.03. The van der Waals surface area contributed by atoms with Gasteiger partial charge in [0.25, 0.3) is 0 Å². The van der Waals surface area contributed by atoms with Crippen LogP contribution in [0.5, 0.6) is 0 Å². The zero-order valence-corrected chi connectivity index (χ0v) is 11.4. The molecule has 1 aromatic carbocycles. The summed E-state index contributed by atoms with van der Waals surface area (Å²) in [7, 11) is 0. The molecule has 1 atom stereocenters. The van der Waals surface area contributed by atoms with Gasteiger partial charge in [0.2, 0.25) is 0 Å². The van der Waals surface area contributed by atoms with Crippen LogP contribution in [0, 0.1) is 24.2 Å². The number of rotatable bonds is 3. The van der Waals surface area contributed by atoms with Crippen LogP contribution >= 0.6 is 0 Å². The molecule has 0 amide bonds. The van der Waals surface area contributed by atoms with E-state index in [4.69, 9.17) is 5.26 Å². The second kappa shape index (κ2) is 6.02. The van der Waals surface area contributed by atoms with E-state index in [1.807, 2.05) is 12.1 Å². The average Bonchev–Trinajstić information content (AvgIpc) is 2.41. The predicted molar refractivity (Wildman–Crippen MR) is 74.2 cm³/mol. The molecule has 0 aromatic heterocycles. The van der Waals surface area contributed by atoms with Crippen molar-refractivity contribution >= 4 is 0 Å². The van der Waals surface area contributed by atoms with Gasteiger partial charge in [0.1, 0.15) is 0 Å². The number of hydrogen-bond donors (Lipinski definition) is 0. The van der Waals surface area contributed by atoms with Crippen LogP contribution in [0.3, 0.4) is 0 Å². The molecule has 0 spiro atoms. The molecule has 2 nitrogen and oxygen atoms in total. The molecule has 2 heteroatoms. The standard InChI is InChI=1S/C16H22N2/c1-3-14-5-4-8-18(11-14)12-16-7-6-15(10-17)9-13(16)2/h6-7,9,14H,3-5,8,11-12H2,1-2H3. The highest BCUT2D eigenvalue weighted by atomic mass is 15.1. The molecule has 1 aliphatic rings. The van der Waals surface area contributed by atoms with Gasteiger partial charge in [-0.1, -0.05) is 19.4 Å². The topological polar surface area (TPSA) is 27.0 Å². The summed E-state index contributed by atoms with van der Waals surface area (Å²) >= 11 is 0. The van der Waals surface area contributed by atoms with E-state index in [2.05, 4.69) is 30.9 Å². The minimum Gasteiger partial charge on any atom is -0.299 e. The van der Waals surface area contributed by atoms with Crippen LogP contribution in [-0.2, 0) is 6.54 Å². The first-order valence-electron chi connectivity index (χ1n) is 6.95. The van der Waals surface area contributed by atoms with Crippen LogP contribution in [0.4, 0.5) is 0 Å². The lowest BCUT2D eigenvalue weighted by molar-refractivity contribution is 0.164. The van der Waals surface area contributed by atoms with Gasteiger partial charge in [-0.15, -0.1) is 0 Å². The smallest absolute Gasteiger partial charge is 0.0991 e. The highest BCUT2D eigenvalue weighted by molar-refractivity contribution is 5.37. The SMILES string of the molecule is CCC1CCCN(Cc2ccc(C#N)cc2C)C1. The summed E-state index contributed by atoms with van der Waals surface area (Å²) in [4.78, 5) is 2.56. The first-order chi connectivity index (χ1) is 8.72. The van der Waals surface area contributed by atoms with Crippen LogP contribution in [0.2, 0.25) is 0 Å². The number of aryl methyl sites for hydroxylation is 1. The van der Waals surface area contributed by atoms with Crippen molar-refractivity contribution < 1.29 is 0 Å². The molecule has 0 saturated carbocycles. The second-order valence-electron chi connectivity index (χ2n) is 5.40. The molecule has 0 radical (unpaired) electrons. The second-order valence-corrected chi connectivity index (χ2v) is 5.40. The number of likely N-dealkylation sites (tertiary alicyclic amines) is 1. The fourth-order valence-electron chi connectivity index (χ4n) is 2.81. The lowest BCUT2D eigenvalue weighted by Crippen LogP contribution is -2.34. The third-order valence-electron chi connectivity index (χ3n) is 4.05. The molecule has 1 saturated heterocycles. The van der Waals surface area contributed by atoms with Gasteiger partial charge in [-0.25, -0.2) is 0 Å². The zero-order chi connectivity index (χ0) is 13.0. The van der Waals surface area contributed by atoms with Crippen molar-refractivity contribution in [2.75, 3.05) is 13.1 Å². The first-order valence-corrected chi connectivity index (χ1v) is 6.95. The molecule has 18 heavy (non-hydrogen) atoms. The van der Waals surface area contributed by atoms with E-state index in [1.165, 1.54) is 43.5 Å². The molecule has 2 rings (SSSR count). The van der Waals surface area contributed by atoms with E-state index in [1.54, 1.807) is 0 Å². The maximum absolute atomic E-state index is 8.88. The zero-order valence-electron chi connectivity index (χ0n) is 11.4. The Morgan fingerprint density at radius 2 is 2.28 bits per heavy atom. The minimum absolute atomic E-state index is 0.765. The molecular weight excluding hydrogens is 220 g/mol. The number of benzene rings is 1. The Hall–Kier alpha value is -1.33. The van der Waals surface area contributed by atoms with Crippen LogP contribution in [0.25, 0.3) is 0 Å². The number of nitrogens with zero attached hydrogens (tertiary/aromatic N) is 2.